The molecule has 1 aliphatic rings. The second-order valence-corrected chi connectivity index (χ2v) is 7.00. The first kappa shape index (κ1) is 15.2. The molecular formula is C16H23N5S. The van der Waals surface area contributed by atoms with Crippen molar-refractivity contribution in [2.75, 3.05) is 37.3 Å². The highest BCUT2D eigenvalue weighted by atomic mass is 32.1. The summed E-state index contributed by atoms with van der Waals surface area (Å²) >= 11 is 1.46. The van der Waals surface area contributed by atoms with E-state index in [0.717, 1.165) is 24.1 Å². The van der Waals surface area contributed by atoms with Gasteiger partial charge in [0.1, 0.15) is 0 Å². The maximum atomic E-state index is 5.65. The third kappa shape index (κ3) is 3.96. The molecule has 0 unspecified atom stereocenters. The van der Waals surface area contributed by atoms with Gasteiger partial charge in [-0.05, 0) is 37.4 Å². The van der Waals surface area contributed by atoms with Crippen LogP contribution in [-0.2, 0) is 6.54 Å². The number of likely N-dealkylation sites (tertiary alicyclic amines) is 1. The number of rotatable bonds is 5. The van der Waals surface area contributed by atoms with Crippen molar-refractivity contribution >= 4 is 21.6 Å². The van der Waals surface area contributed by atoms with Crippen LogP contribution in [0.1, 0.15) is 18.4 Å². The van der Waals surface area contributed by atoms with Crippen molar-refractivity contribution in [3.63, 3.8) is 0 Å². The highest BCUT2D eigenvalue weighted by molar-refractivity contribution is 7.18. The van der Waals surface area contributed by atoms with Gasteiger partial charge in [0, 0.05) is 20.1 Å². The summed E-state index contributed by atoms with van der Waals surface area (Å²) < 4.78 is 0. The SMILES string of the molecule is CN(CC1CCN(Cc2ccccc2)CC1)c1nnc(N)s1. The van der Waals surface area contributed by atoms with Crippen LogP contribution in [0.25, 0.3) is 0 Å². The predicted molar refractivity (Wildman–Crippen MR) is 92.0 cm³/mol. The standard InChI is InChI=1S/C16H23N5S/c1-20(16-19-18-15(17)22-16)11-14-7-9-21(10-8-14)12-13-5-3-2-4-6-13/h2-6,14H,7-12H2,1H3,(H2,17,18). The Morgan fingerprint density at radius 1 is 1.23 bits per heavy atom. The lowest BCUT2D eigenvalue weighted by molar-refractivity contribution is 0.180. The summed E-state index contributed by atoms with van der Waals surface area (Å²) in [4.78, 5) is 4.74. The first-order chi connectivity index (χ1) is 10.7. The Bertz CT molecular complexity index is 577. The molecule has 1 aromatic carbocycles. The zero-order valence-electron chi connectivity index (χ0n) is 13.0. The number of benzene rings is 1. The predicted octanol–water partition coefficient (Wildman–Crippen LogP) is 2.47. The van der Waals surface area contributed by atoms with Gasteiger partial charge in [-0.15, -0.1) is 10.2 Å². The number of nitrogen functional groups attached to an aromatic ring is 1. The maximum Gasteiger partial charge on any atom is 0.209 e. The number of hydrogen-bond donors (Lipinski definition) is 1. The lowest BCUT2D eigenvalue weighted by atomic mass is 9.96. The van der Waals surface area contributed by atoms with Crippen LogP contribution in [0, 0.1) is 5.92 Å². The molecule has 1 fully saturated rings. The molecule has 0 saturated carbocycles. The molecule has 0 amide bonds. The summed E-state index contributed by atoms with van der Waals surface area (Å²) in [5.41, 5.74) is 7.06. The molecule has 1 aliphatic heterocycles. The molecule has 1 saturated heterocycles. The maximum absolute atomic E-state index is 5.65. The van der Waals surface area contributed by atoms with Crippen LogP contribution in [0.5, 0.6) is 0 Å². The van der Waals surface area contributed by atoms with E-state index >= 15 is 0 Å². The van der Waals surface area contributed by atoms with E-state index in [-0.39, 0.29) is 0 Å². The first-order valence-corrected chi connectivity index (χ1v) is 8.59. The monoisotopic (exact) mass is 317 g/mol. The van der Waals surface area contributed by atoms with Crippen molar-refractivity contribution in [3.05, 3.63) is 35.9 Å². The zero-order chi connectivity index (χ0) is 15.4. The Morgan fingerprint density at radius 2 is 1.95 bits per heavy atom. The Kier molecular flexibility index (Phi) is 4.90. The van der Waals surface area contributed by atoms with Gasteiger partial charge < -0.3 is 10.6 Å². The van der Waals surface area contributed by atoms with Crippen LogP contribution in [0.2, 0.25) is 0 Å². The smallest absolute Gasteiger partial charge is 0.209 e. The second kappa shape index (κ2) is 7.07. The van der Waals surface area contributed by atoms with E-state index in [9.17, 15) is 0 Å². The van der Waals surface area contributed by atoms with Crippen LogP contribution in [0.15, 0.2) is 30.3 Å². The molecule has 118 valence electrons. The van der Waals surface area contributed by atoms with Gasteiger partial charge in [-0.25, -0.2) is 0 Å². The Balaban J connectivity index is 1.45. The van der Waals surface area contributed by atoms with Gasteiger partial charge in [-0.3, -0.25) is 4.90 Å². The highest BCUT2D eigenvalue weighted by Gasteiger charge is 2.21. The van der Waals surface area contributed by atoms with E-state index in [1.54, 1.807) is 0 Å². The summed E-state index contributed by atoms with van der Waals surface area (Å²) in [5.74, 6) is 0.724. The van der Waals surface area contributed by atoms with Gasteiger partial charge in [-0.1, -0.05) is 41.7 Å². The molecule has 22 heavy (non-hydrogen) atoms. The minimum Gasteiger partial charge on any atom is -0.374 e. The number of nitrogens with two attached hydrogens (primary N) is 1. The average Bonchev–Trinajstić information content (AvgIpc) is 2.97. The fourth-order valence-electron chi connectivity index (χ4n) is 3.01. The number of hydrogen-bond acceptors (Lipinski definition) is 6. The minimum atomic E-state index is 0.541. The second-order valence-electron chi connectivity index (χ2n) is 6.01. The van der Waals surface area contributed by atoms with E-state index in [1.807, 2.05) is 0 Å². The fraction of sp³-hybridized carbons (Fsp3) is 0.500. The largest absolute Gasteiger partial charge is 0.374 e. The van der Waals surface area contributed by atoms with Gasteiger partial charge in [0.25, 0.3) is 0 Å². The Labute approximate surface area is 135 Å². The molecule has 6 heteroatoms. The first-order valence-electron chi connectivity index (χ1n) is 7.77. The Hall–Kier alpha value is -1.66. The molecule has 2 heterocycles. The zero-order valence-corrected chi connectivity index (χ0v) is 13.8. The molecule has 2 aromatic rings. The minimum absolute atomic E-state index is 0.541. The summed E-state index contributed by atoms with van der Waals surface area (Å²) in [7, 11) is 2.08. The van der Waals surface area contributed by atoms with Crippen molar-refractivity contribution in [1.82, 2.24) is 15.1 Å². The number of nitrogens with zero attached hydrogens (tertiary/aromatic N) is 4. The highest BCUT2D eigenvalue weighted by Crippen LogP contribution is 2.25. The van der Waals surface area contributed by atoms with Gasteiger partial charge in [-0.2, -0.15) is 0 Å². The van der Waals surface area contributed by atoms with Gasteiger partial charge in [0.2, 0.25) is 10.3 Å². The van der Waals surface area contributed by atoms with Crippen LogP contribution in [0.3, 0.4) is 0 Å². The summed E-state index contributed by atoms with van der Waals surface area (Å²) in [5, 5.41) is 9.46. The van der Waals surface area contributed by atoms with Gasteiger partial charge in [0.15, 0.2) is 0 Å². The summed E-state index contributed by atoms with van der Waals surface area (Å²) in [6.45, 7) is 4.45. The molecule has 3 rings (SSSR count). The molecule has 0 radical (unpaired) electrons. The molecule has 5 nitrogen and oxygen atoms in total. The van der Waals surface area contributed by atoms with Gasteiger partial charge >= 0.3 is 0 Å². The van der Waals surface area contributed by atoms with Crippen molar-refractivity contribution in [2.24, 2.45) is 5.92 Å². The molecular weight excluding hydrogens is 294 g/mol. The Morgan fingerprint density at radius 3 is 2.59 bits per heavy atom. The van der Waals surface area contributed by atoms with Crippen molar-refractivity contribution < 1.29 is 0 Å². The normalized spacial score (nSPS) is 16.8. The lowest BCUT2D eigenvalue weighted by Gasteiger charge is -2.33. The fourth-order valence-corrected chi connectivity index (χ4v) is 3.60. The van der Waals surface area contributed by atoms with Gasteiger partial charge in [0.05, 0.1) is 0 Å². The van der Waals surface area contributed by atoms with E-state index in [2.05, 4.69) is 57.4 Å². The van der Waals surface area contributed by atoms with Crippen LogP contribution >= 0.6 is 11.3 Å². The molecule has 0 atom stereocenters. The summed E-state index contributed by atoms with van der Waals surface area (Å²) in [6.07, 6.45) is 2.48. The van der Waals surface area contributed by atoms with Crippen LogP contribution in [-0.4, -0.2) is 41.8 Å². The summed E-state index contributed by atoms with van der Waals surface area (Å²) in [6, 6.07) is 10.7. The third-order valence-corrected chi connectivity index (χ3v) is 5.11. The van der Waals surface area contributed by atoms with Crippen molar-refractivity contribution in [2.45, 2.75) is 19.4 Å². The van der Waals surface area contributed by atoms with E-state index in [1.165, 1.54) is 42.8 Å². The van der Waals surface area contributed by atoms with Crippen molar-refractivity contribution in [1.29, 1.82) is 0 Å². The lowest BCUT2D eigenvalue weighted by Crippen LogP contribution is -2.37. The topological polar surface area (TPSA) is 58.3 Å². The molecule has 0 aliphatic carbocycles. The van der Waals surface area contributed by atoms with E-state index in [4.69, 9.17) is 5.73 Å². The van der Waals surface area contributed by atoms with Crippen molar-refractivity contribution in [3.8, 4) is 0 Å². The third-order valence-electron chi connectivity index (χ3n) is 4.24. The quantitative estimate of drug-likeness (QED) is 0.918. The number of aromatic nitrogens is 2. The average molecular weight is 317 g/mol. The van der Waals surface area contributed by atoms with Crippen LogP contribution in [0.4, 0.5) is 10.3 Å². The van der Waals surface area contributed by atoms with Crippen LogP contribution < -0.4 is 10.6 Å². The molecule has 0 bridgehead atoms. The molecule has 1 aromatic heterocycles. The van der Waals surface area contributed by atoms with E-state index in [0.29, 0.717) is 5.13 Å². The number of piperidine rings is 1. The molecule has 2 N–H and O–H groups in total. The number of anilines is 2. The molecule has 0 spiro atoms. The van der Waals surface area contributed by atoms with E-state index < -0.39 is 0 Å².